The number of rotatable bonds is 4. The third-order valence-corrected chi connectivity index (χ3v) is 3.59. The van der Waals surface area contributed by atoms with Crippen molar-refractivity contribution in [3.05, 3.63) is 40.6 Å². The van der Waals surface area contributed by atoms with E-state index in [2.05, 4.69) is 10.1 Å². The van der Waals surface area contributed by atoms with Gasteiger partial charge in [-0.15, -0.1) is 24.5 Å². The van der Waals surface area contributed by atoms with Crippen LogP contribution in [0.25, 0.3) is 11.1 Å². The van der Waals surface area contributed by atoms with Crippen LogP contribution < -0.4 is 10.1 Å². The molecular formula is C15H14F3NO2S. The zero-order valence-electron chi connectivity index (χ0n) is 11.9. The summed E-state index contributed by atoms with van der Waals surface area (Å²) in [6, 6.07) is 7.28. The van der Waals surface area contributed by atoms with Gasteiger partial charge in [-0.1, -0.05) is 12.1 Å². The predicted octanol–water partition coefficient (Wildman–Crippen LogP) is 4.45. The van der Waals surface area contributed by atoms with E-state index in [1.807, 2.05) is 13.8 Å². The summed E-state index contributed by atoms with van der Waals surface area (Å²) >= 11 is 1.29. The van der Waals surface area contributed by atoms with Gasteiger partial charge in [-0.2, -0.15) is 0 Å². The SMILES string of the molecule is CC(C)NC(=O)c1cc(-c2ccc(OC(F)(F)F)cc2)cs1. The van der Waals surface area contributed by atoms with Gasteiger partial charge in [-0.05, 0) is 48.6 Å². The average molecular weight is 329 g/mol. The molecule has 1 N–H and O–H groups in total. The molecule has 0 bridgehead atoms. The molecule has 0 aliphatic heterocycles. The Morgan fingerprint density at radius 1 is 1.18 bits per heavy atom. The molecule has 0 saturated heterocycles. The Morgan fingerprint density at radius 2 is 1.82 bits per heavy atom. The number of carbonyl (C=O) groups is 1. The van der Waals surface area contributed by atoms with Crippen molar-refractivity contribution in [1.29, 1.82) is 0 Å². The molecule has 0 atom stereocenters. The maximum atomic E-state index is 12.1. The summed E-state index contributed by atoms with van der Waals surface area (Å²) in [5.74, 6) is -0.437. The minimum Gasteiger partial charge on any atom is -0.406 e. The first kappa shape index (κ1) is 16.4. The zero-order chi connectivity index (χ0) is 16.3. The first-order valence-electron chi connectivity index (χ1n) is 6.50. The smallest absolute Gasteiger partial charge is 0.406 e. The van der Waals surface area contributed by atoms with Crippen LogP contribution in [-0.2, 0) is 0 Å². The third kappa shape index (κ3) is 4.49. The lowest BCUT2D eigenvalue weighted by atomic mass is 10.1. The molecule has 0 spiro atoms. The van der Waals surface area contributed by atoms with E-state index in [1.54, 1.807) is 11.4 Å². The molecule has 22 heavy (non-hydrogen) atoms. The normalized spacial score (nSPS) is 11.5. The van der Waals surface area contributed by atoms with Gasteiger partial charge in [0.25, 0.3) is 5.91 Å². The quantitative estimate of drug-likeness (QED) is 0.900. The number of halogens is 3. The number of carbonyl (C=O) groups excluding carboxylic acids is 1. The molecule has 118 valence electrons. The van der Waals surface area contributed by atoms with E-state index in [9.17, 15) is 18.0 Å². The second-order valence-electron chi connectivity index (χ2n) is 4.90. The summed E-state index contributed by atoms with van der Waals surface area (Å²) in [4.78, 5) is 12.4. The average Bonchev–Trinajstić information content (AvgIpc) is 2.86. The Hall–Kier alpha value is -2.02. The number of nitrogens with one attached hydrogen (secondary N) is 1. The summed E-state index contributed by atoms with van der Waals surface area (Å²) in [6.45, 7) is 3.73. The van der Waals surface area contributed by atoms with Crippen molar-refractivity contribution in [1.82, 2.24) is 5.32 Å². The molecule has 1 aromatic heterocycles. The van der Waals surface area contributed by atoms with Crippen molar-refractivity contribution in [2.45, 2.75) is 26.3 Å². The number of alkyl halides is 3. The van der Waals surface area contributed by atoms with Crippen LogP contribution in [0.4, 0.5) is 13.2 Å². The summed E-state index contributed by atoms with van der Waals surface area (Å²) in [7, 11) is 0. The molecule has 2 rings (SSSR count). The van der Waals surface area contributed by atoms with Crippen LogP contribution >= 0.6 is 11.3 Å². The van der Waals surface area contributed by atoms with E-state index in [0.717, 1.165) is 11.1 Å². The van der Waals surface area contributed by atoms with Crippen LogP contribution in [0.3, 0.4) is 0 Å². The highest BCUT2D eigenvalue weighted by Crippen LogP contribution is 2.29. The largest absolute Gasteiger partial charge is 0.573 e. The van der Waals surface area contributed by atoms with E-state index >= 15 is 0 Å². The number of benzene rings is 1. The van der Waals surface area contributed by atoms with Crippen LogP contribution in [0.2, 0.25) is 0 Å². The molecule has 2 aromatic rings. The van der Waals surface area contributed by atoms with Gasteiger partial charge in [0.2, 0.25) is 0 Å². The fourth-order valence-electron chi connectivity index (χ4n) is 1.79. The van der Waals surface area contributed by atoms with Gasteiger partial charge < -0.3 is 10.1 Å². The number of ether oxygens (including phenoxy) is 1. The Balaban J connectivity index is 2.12. The van der Waals surface area contributed by atoms with E-state index in [1.165, 1.54) is 35.6 Å². The number of hydrogen-bond acceptors (Lipinski definition) is 3. The maximum absolute atomic E-state index is 12.1. The summed E-state index contributed by atoms with van der Waals surface area (Å²) < 4.78 is 40.1. The molecule has 0 aliphatic carbocycles. The second kappa shape index (κ2) is 6.39. The Kier molecular flexibility index (Phi) is 4.75. The highest BCUT2D eigenvalue weighted by molar-refractivity contribution is 7.12. The first-order chi connectivity index (χ1) is 10.2. The van der Waals surface area contributed by atoms with Crippen LogP contribution in [0.1, 0.15) is 23.5 Å². The molecule has 7 heteroatoms. The summed E-state index contributed by atoms with van der Waals surface area (Å²) in [5.41, 5.74) is 1.49. The Labute approximate surface area is 129 Å². The third-order valence-electron chi connectivity index (χ3n) is 2.66. The van der Waals surface area contributed by atoms with E-state index < -0.39 is 6.36 Å². The zero-order valence-corrected chi connectivity index (χ0v) is 12.7. The minimum absolute atomic E-state index is 0.0388. The fourth-order valence-corrected chi connectivity index (χ4v) is 2.61. The van der Waals surface area contributed by atoms with Crippen molar-refractivity contribution in [3.63, 3.8) is 0 Å². The van der Waals surface area contributed by atoms with Crippen LogP contribution in [-0.4, -0.2) is 18.3 Å². The van der Waals surface area contributed by atoms with Crippen molar-refractivity contribution < 1.29 is 22.7 Å². The molecule has 1 heterocycles. The van der Waals surface area contributed by atoms with Crippen molar-refractivity contribution in [3.8, 4) is 16.9 Å². The number of amides is 1. The van der Waals surface area contributed by atoms with E-state index in [0.29, 0.717) is 4.88 Å². The van der Waals surface area contributed by atoms with Gasteiger partial charge in [-0.25, -0.2) is 0 Å². The highest BCUT2D eigenvalue weighted by atomic mass is 32.1. The molecule has 1 aromatic carbocycles. The molecule has 3 nitrogen and oxygen atoms in total. The van der Waals surface area contributed by atoms with Crippen molar-refractivity contribution >= 4 is 17.2 Å². The van der Waals surface area contributed by atoms with E-state index in [-0.39, 0.29) is 17.7 Å². The lowest BCUT2D eigenvalue weighted by Gasteiger charge is -2.08. The second-order valence-corrected chi connectivity index (χ2v) is 5.81. The van der Waals surface area contributed by atoms with Crippen LogP contribution in [0, 0.1) is 0 Å². The molecule has 0 radical (unpaired) electrons. The lowest BCUT2D eigenvalue weighted by Crippen LogP contribution is -2.29. The highest BCUT2D eigenvalue weighted by Gasteiger charge is 2.30. The Bertz CT molecular complexity index is 648. The van der Waals surface area contributed by atoms with Crippen molar-refractivity contribution in [2.24, 2.45) is 0 Å². The standard InChI is InChI=1S/C15H14F3NO2S/c1-9(2)19-14(20)13-7-11(8-22-13)10-3-5-12(6-4-10)21-15(16,17)18/h3-9H,1-2H3,(H,19,20). The lowest BCUT2D eigenvalue weighted by molar-refractivity contribution is -0.274. The number of hydrogen-bond donors (Lipinski definition) is 1. The Morgan fingerprint density at radius 3 is 2.36 bits per heavy atom. The topological polar surface area (TPSA) is 38.3 Å². The summed E-state index contributed by atoms with van der Waals surface area (Å²) in [6.07, 6.45) is -4.70. The van der Waals surface area contributed by atoms with E-state index in [4.69, 9.17) is 0 Å². The van der Waals surface area contributed by atoms with Gasteiger partial charge in [0.1, 0.15) is 5.75 Å². The molecule has 0 aliphatic rings. The molecular weight excluding hydrogens is 315 g/mol. The molecule has 1 amide bonds. The monoisotopic (exact) mass is 329 g/mol. The van der Waals surface area contributed by atoms with Gasteiger partial charge in [0.15, 0.2) is 0 Å². The first-order valence-corrected chi connectivity index (χ1v) is 7.38. The molecule has 0 fully saturated rings. The molecule has 0 saturated carbocycles. The predicted molar refractivity (Wildman–Crippen MR) is 79.0 cm³/mol. The van der Waals surface area contributed by atoms with Gasteiger partial charge >= 0.3 is 6.36 Å². The van der Waals surface area contributed by atoms with Crippen LogP contribution in [0.15, 0.2) is 35.7 Å². The number of thiophene rings is 1. The van der Waals surface area contributed by atoms with Gasteiger partial charge in [0, 0.05) is 6.04 Å². The fraction of sp³-hybridized carbons (Fsp3) is 0.267. The maximum Gasteiger partial charge on any atom is 0.573 e. The van der Waals surface area contributed by atoms with Crippen molar-refractivity contribution in [2.75, 3.05) is 0 Å². The molecule has 0 unspecified atom stereocenters. The van der Waals surface area contributed by atoms with Crippen LogP contribution in [0.5, 0.6) is 5.75 Å². The van der Waals surface area contributed by atoms with Gasteiger partial charge in [-0.3, -0.25) is 4.79 Å². The summed E-state index contributed by atoms with van der Waals surface area (Å²) in [5, 5.41) is 4.57. The minimum atomic E-state index is -4.70. The van der Waals surface area contributed by atoms with Gasteiger partial charge in [0.05, 0.1) is 4.88 Å².